The van der Waals surface area contributed by atoms with Crippen molar-refractivity contribution in [1.82, 2.24) is 5.32 Å². The Hall–Kier alpha value is -1.11. The van der Waals surface area contributed by atoms with Crippen LogP contribution in [0.1, 0.15) is 33.3 Å². The van der Waals surface area contributed by atoms with Gasteiger partial charge >= 0.3 is 0 Å². The second-order valence-electron chi connectivity index (χ2n) is 7.52. The van der Waals surface area contributed by atoms with Gasteiger partial charge < -0.3 is 20.2 Å². The van der Waals surface area contributed by atoms with Gasteiger partial charge in [0.15, 0.2) is 19.9 Å². The Kier molecular flexibility index (Phi) is 6.62. The van der Waals surface area contributed by atoms with Crippen molar-refractivity contribution < 1.29 is 13.6 Å². The molecule has 0 aliphatic rings. The van der Waals surface area contributed by atoms with E-state index < -0.39 is 14.1 Å². The van der Waals surface area contributed by atoms with Gasteiger partial charge in [-0.05, 0) is 38.2 Å². The number of hydrogen-bond acceptors (Lipinski definition) is 4. The van der Waals surface area contributed by atoms with Gasteiger partial charge in [-0.25, -0.2) is 4.39 Å². The van der Waals surface area contributed by atoms with Crippen LogP contribution in [0.25, 0.3) is 0 Å². The SMILES string of the molecule is CNCc1cc(N)cc(F)c1O[C@@H](C)CO[Si](C)(C)C(C)(C)C. The van der Waals surface area contributed by atoms with Crippen LogP contribution in [0.15, 0.2) is 12.1 Å². The van der Waals surface area contributed by atoms with Crippen molar-refractivity contribution in [3.8, 4) is 5.75 Å². The molecule has 0 aliphatic heterocycles. The predicted molar refractivity (Wildman–Crippen MR) is 96.8 cm³/mol. The van der Waals surface area contributed by atoms with Crippen LogP contribution in [0.4, 0.5) is 10.1 Å². The highest BCUT2D eigenvalue weighted by Gasteiger charge is 2.37. The Morgan fingerprint density at radius 3 is 2.43 bits per heavy atom. The molecule has 0 aromatic heterocycles. The summed E-state index contributed by atoms with van der Waals surface area (Å²) in [6.45, 7) is 13.8. The molecule has 0 fully saturated rings. The van der Waals surface area contributed by atoms with Crippen molar-refractivity contribution in [3.05, 3.63) is 23.5 Å². The standard InChI is InChI=1S/C17H31FN2O2Si/c1-12(11-21-23(6,7)17(2,3)4)22-16-13(10-20-5)8-14(19)9-15(16)18/h8-9,12,20H,10-11,19H2,1-7H3/t12-/m0/s1. The summed E-state index contributed by atoms with van der Waals surface area (Å²) in [5.41, 5.74) is 6.82. The van der Waals surface area contributed by atoms with E-state index in [0.29, 0.717) is 24.4 Å². The van der Waals surface area contributed by atoms with Crippen molar-refractivity contribution in [1.29, 1.82) is 0 Å². The summed E-state index contributed by atoms with van der Waals surface area (Å²) in [5.74, 6) is -0.186. The normalized spacial score (nSPS) is 13.9. The Morgan fingerprint density at radius 2 is 1.91 bits per heavy atom. The Balaban J connectivity index is 2.80. The van der Waals surface area contributed by atoms with Crippen LogP contribution in [0.5, 0.6) is 5.75 Å². The van der Waals surface area contributed by atoms with Crippen LogP contribution in [-0.4, -0.2) is 28.1 Å². The van der Waals surface area contributed by atoms with Crippen LogP contribution >= 0.6 is 0 Å². The van der Waals surface area contributed by atoms with E-state index >= 15 is 0 Å². The summed E-state index contributed by atoms with van der Waals surface area (Å²) >= 11 is 0. The molecule has 1 atom stereocenters. The van der Waals surface area contributed by atoms with Crippen LogP contribution in [0.2, 0.25) is 18.1 Å². The lowest BCUT2D eigenvalue weighted by atomic mass is 10.1. The molecule has 0 amide bonds. The van der Waals surface area contributed by atoms with Gasteiger partial charge in [0.05, 0.1) is 6.61 Å². The maximum Gasteiger partial charge on any atom is 0.192 e. The molecule has 0 heterocycles. The quantitative estimate of drug-likeness (QED) is 0.582. The lowest BCUT2D eigenvalue weighted by molar-refractivity contribution is 0.128. The van der Waals surface area contributed by atoms with Gasteiger partial charge in [0.1, 0.15) is 6.10 Å². The number of benzene rings is 1. The third-order valence-electron chi connectivity index (χ3n) is 4.31. The maximum absolute atomic E-state index is 14.2. The van der Waals surface area contributed by atoms with Gasteiger partial charge in [-0.15, -0.1) is 0 Å². The Bertz CT molecular complexity index is 530. The second-order valence-corrected chi connectivity index (χ2v) is 12.3. The highest BCUT2D eigenvalue weighted by Crippen LogP contribution is 2.36. The number of hydrogen-bond donors (Lipinski definition) is 2. The molecule has 1 aromatic carbocycles. The first kappa shape index (κ1) is 19.9. The van der Waals surface area contributed by atoms with Gasteiger partial charge in [0.25, 0.3) is 0 Å². The predicted octanol–water partition coefficient (Wildman–Crippen LogP) is 3.92. The molecular weight excluding hydrogens is 311 g/mol. The molecule has 0 saturated carbocycles. The van der Waals surface area contributed by atoms with Crippen molar-refractivity contribution in [2.75, 3.05) is 19.4 Å². The molecule has 132 valence electrons. The minimum atomic E-state index is -1.84. The largest absolute Gasteiger partial charge is 0.485 e. The summed E-state index contributed by atoms with van der Waals surface area (Å²) in [7, 11) is -0.0418. The molecule has 3 N–H and O–H groups in total. The number of rotatable bonds is 7. The Morgan fingerprint density at radius 1 is 1.30 bits per heavy atom. The monoisotopic (exact) mass is 342 g/mol. The molecule has 1 aromatic rings. The summed E-state index contributed by atoms with van der Waals surface area (Å²) < 4.78 is 26.2. The average Bonchev–Trinajstić information content (AvgIpc) is 2.39. The van der Waals surface area contributed by atoms with Crippen LogP contribution in [-0.2, 0) is 11.0 Å². The van der Waals surface area contributed by atoms with E-state index in [9.17, 15) is 4.39 Å². The van der Waals surface area contributed by atoms with E-state index in [1.807, 2.05) is 6.92 Å². The number of nitrogens with two attached hydrogens (primary N) is 1. The van der Waals surface area contributed by atoms with Gasteiger partial charge in [-0.1, -0.05) is 20.8 Å². The summed E-state index contributed by atoms with van der Waals surface area (Å²) in [5, 5.41) is 3.14. The lowest BCUT2D eigenvalue weighted by Gasteiger charge is -2.37. The molecule has 0 bridgehead atoms. The number of halogens is 1. The summed E-state index contributed by atoms with van der Waals surface area (Å²) in [6.07, 6.45) is -0.238. The molecule has 4 nitrogen and oxygen atoms in total. The van der Waals surface area contributed by atoms with E-state index in [1.54, 1.807) is 13.1 Å². The van der Waals surface area contributed by atoms with Crippen molar-refractivity contribution in [2.24, 2.45) is 0 Å². The van der Waals surface area contributed by atoms with E-state index in [0.717, 1.165) is 0 Å². The zero-order valence-corrected chi connectivity index (χ0v) is 16.4. The van der Waals surface area contributed by atoms with Gasteiger partial charge in [0.2, 0.25) is 0 Å². The maximum atomic E-state index is 14.2. The van der Waals surface area contributed by atoms with E-state index in [1.165, 1.54) is 6.07 Å². The fourth-order valence-corrected chi connectivity index (χ4v) is 2.99. The second kappa shape index (κ2) is 7.64. The molecule has 0 spiro atoms. The fourth-order valence-electron chi connectivity index (χ4n) is 1.90. The summed E-state index contributed by atoms with van der Waals surface area (Å²) in [4.78, 5) is 0. The van der Waals surface area contributed by atoms with Crippen LogP contribution in [0, 0.1) is 5.82 Å². The van der Waals surface area contributed by atoms with Gasteiger partial charge in [-0.3, -0.25) is 0 Å². The number of nitrogen functional groups attached to an aromatic ring is 1. The van der Waals surface area contributed by atoms with E-state index in [4.69, 9.17) is 14.9 Å². The Labute approximate surface area is 140 Å². The van der Waals surface area contributed by atoms with Gasteiger partial charge in [0, 0.05) is 23.9 Å². The molecular formula is C17H31FN2O2Si. The fraction of sp³-hybridized carbons (Fsp3) is 0.647. The van der Waals surface area contributed by atoms with Crippen molar-refractivity contribution >= 4 is 14.0 Å². The number of ether oxygens (including phenoxy) is 1. The number of anilines is 1. The third-order valence-corrected chi connectivity index (χ3v) is 8.81. The summed E-state index contributed by atoms with van der Waals surface area (Å²) in [6, 6.07) is 3.02. The molecule has 6 heteroatoms. The van der Waals surface area contributed by atoms with E-state index in [2.05, 4.69) is 39.2 Å². The van der Waals surface area contributed by atoms with E-state index in [-0.39, 0.29) is 16.9 Å². The minimum absolute atomic E-state index is 0.135. The first-order valence-corrected chi connectivity index (χ1v) is 10.9. The minimum Gasteiger partial charge on any atom is -0.485 e. The zero-order chi connectivity index (χ0) is 17.8. The molecule has 1 rings (SSSR count). The van der Waals surface area contributed by atoms with Gasteiger partial charge in [-0.2, -0.15) is 0 Å². The first-order chi connectivity index (χ1) is 10.5. The molecule has 23 heavy (non-hydrogen) atoms. The molecule has 0 aliphatic carbocycles. The zero-order valence-electron chi connectivity index (χ0n) is 15.4. The first-order valence-electron chi connectivity index (χ1n) is 8.01. The topological polar surface area (TPSA) is 56.5 Å². The average molecular weight is 343 g/mol. The number of nitrogens with one attached hydrogen (secondary N) is 1. The smallest absolute Gasteiger partial charge is 0.192 e. The molecule has 0 radical (unpaired) electrons. The highest BCUT2D eigenvalue weighted by molar-refractivity contribution is 6.74. The van der Waals surface area contributed by atoms with Crippen molar-refractivity contribution in [3.63, 3.8) is 0 Å². The lowest BCUT2D eigenvalue weighted by Crippen LogP contribution is -2.43. The highest BCUT2D eigenvalue weighted by atomic mass is 28.4. The van der Waals surface area contributed by atoms with Crippen LogP contribution in [0.3, 0.4) is 0 Å². The van der Waals surface area contributed by atoms with Crippen molar-refractivity contribution in [2.45, 2.75) is 58.5 Å². The third kappa shape index (κ3) is 5.48. The molecule has 0 saturated heterocycles. The molecule has 0 unspecified atom stereocenters. The van der Waals surface area contributed by atoms with Crippen LogP contribution < -0.4 is 15.8 Å².